The zero-order valence-electron chi connectivity index (χ0n) is 8.88. The first-order valence-electron chi connectivity index (χ1n) is 5.02. The van der Waals surface area contributed by atoms with E-state index in [4.69, 9.17) is 0 Å². The normalized spacial score (nSPS) is 10.5. The molecule has 0 unspecified atom stereocenters. The molecule has 0 fully saturated rings. The number of fused-ring (bicyclic) bond motifs is 1. The number of rotatable bonds is 3. The molecule has 0 radical (unpaired) electrons. The summed E-state index contributed by atoms with van der Waals surface area (Å²) >= 11 is 0. The molecule has 0 aliphatic rings. The van der Waals surface area contributed by atoms with Crippen LogP contribution in [0.1, 0.15) is 13.8 Å². The van der Waals surface area contributed by atoms with E-state index < -0.39 is 0 Å². The Morgan fingerprint density at radius 2 is 1.93 bits per heavy atom. The maximum Gasteiger partial charge on any atom is 0.181 e. The summed E-state index contributed by atoms with van der Waals surface area (Å²) in [5.41, 5.74) is 1.38. The van der Waals surface area contributed by atoms with Crippen molar-refractivity contribution in [2.24, 2.45) is 0 Å². The summed E-state index contributed by atoms with van der Waals surface area (Å²) in [5, 5.41) is 0. The van der Waals surface area contributed by atoms with E-state index in [0.717, 1.165) is 24.4 Å². The third-order valence-electron chi connectivity index (χ3n) is 2.30. The van der Waals surface area contributed by atoms with Crippen LogP contribution in [0.4, 0.5) is 5.82 Å². The van der Waals surface area contributed by atoms with Gasteiger partial charge in [-0.1, -0.05) is 0 Å². The minimum absolute atomic E-state index is 0.640. The molecule has 0 saturated heterocycles. The SMILES string of the molecule is CCN(CC)c1cnc2ncncc2n1. The van der Waals surface area contributed by atoms with Crippen LogP contribution in [0, 0.1) is 0 Å². The van der Waals surface area contributed by atoms with Crippen molar-refractivity contribution in [2.45, 2.75) is 13.8 Å². The standard InChI is InChI=1S/C10H13N5/c1-3-15(4-2)9-6-12-10-8(14-9)5-11-7-13-10/h5-7H,3-4H2,1-2H3. The molecule has 2 rings (SSSR count). The van der Waals surface area contributed by atoms with E-state index in [1.165, 1.54) is 6.33 Å². The Morgan fingerprint density at radius 1 is 1.13 bits per heavy atom. The second kappa shape index (κ2) is 4.16. The molecule has 5 heteroatoms. The molecule has 0 atom stereocenters. The summed E-state index contributed by atoms with van der Waals surface area (Å²) in [7, 11) is 0. The van der Waals surface area contributed by atoms with Gasteiger partial charge in [0.1, 0.15) is 17.7 Å². The molecule has 0 bridgehead atoms. The molecule has 78 valence electrons. The fraction of sp³-hybridized carbons (Fsp3) is 0.400. The number of anilines is 1. The molecular weight excluding hydrogens is 190 g/mol. The van der Waals surface area contributed by atoms with Crippen molar-refractivity contribution >= 4 is 17.0 Å². The summed E-state index contributed by atoms with van der Waals surface area (Å²) in [6.45, 7) is 6.03. The third-order valence-corrected chi connectivity index (χ3v) is 2.30. The number of hydrogen-bond donors (Lipinski definition) is 0. The highest BCUT2D eigenvalue weighted by atomic mass is 15.2. The maximum atomic E-state index is 4.46. The van der Waals surface area contributed by atoms with E-state index in [-0.39, 0.29) is 0 Å². The molecule has 2 heterocycles. The summed E-state index contributed by atoms with van der Waals surface area (Å²) < 4.78 is 0. The van der Waals surface area contributed by atoms with E-state index in [2.05, 4.69) is 38.7 Å². The largest absolute Gasteiger partial charge is 0.356 e. The molecule has 0 N–H and O–H groups in total. The Hall–Kier alpha value is -1.78. The maximum absolute atomic E-state index is 4.46. The van der Waals surface area contributed by atoms with Crippen molar-refractivity contribution in [2.75, 3.05) is 18.0 Å². The van der Waals surface area contributed by atoms with Crippen LogP contribution < -0.4 is 4.90 Å². The smallest absolute Gasteiger partial charge is 0.181 e. The van der Waals surface area contributed by atoms with Gasteiger partial charge in [-0.05, 0) is 13.8 Å². The summed E-state index contributed by atoms with van der Waals surface area (Å²) in [4.78, 5) is 18.8. The minimum atomic E-state index is 0.640. The summed E-state index contributed by atoms with van der Waals surface area (Å²) in [5.74, 6) is 0.877. The van der Waals surface area contributed by atoms with Crippen molar-refractivity contribution in [3.05, 3.63) is 18.7 Å². The minimum Gasteiger partial charge on any atom is -0.356 e. The molecule has 15 heavy (non-hydrogen) atoms. The van der Waals surface area contributed by atoms with E-state index in [1.807, 2.05) is 0 Å². The van der Waals surface area contributed by atoms with Crippen LogP contribution in [0.25, 0.3) is 11.2 Å². The fourth-order valence-corrected chi connectivity index (χ4v) is 1.47. The quantitative estimate of drug-likeness (QED) is 0.751. The topological polar surface area (TPSA) is 54.8 Å². The van der Waals surface area contributed by atoms with Crippen LogP contribution in [-0.4, -0.2) is 33.0 Å². The fourth-order valence-electron chi connectivity index (χ4n) is 1.47. The van der Waals surface area contributed by atoms with Gasteiger partial charge in [0.25, 0.3) is 0 Å². The zero-order valence-corrected chi connectivity index (χ0v) is 8.88. The van der Waals surface area contributed by atoms with Gasteiger partial charge in [-0.25, -0.2) is 19.9 Å². The first kappa shape index (κ1) is 9.76. The third kappa shape index (κ3) is 1.86. The molecule has 2 aromatic heterocycles. The highest BCUT2D eigenvalue weighted by Gasteiger charge is 2.05. The number of aromatic nitrogens is 4. The Labute approximate surface area is 88.2 Å². The molecule has 0 amide bonds. The van der Waals surface area contributed by atoms with Crippen LogP contribution >= 0.6 is 0 Å². The Balaban J connectivity index is 2.46. The first-order chi connectivity index (χ1) is 7.35. The first-order valence-corrected chi connectivity index (χ1v) is 5.02. The molecule has 0 aliphatic heterocycles. The van der Waals surface area contributed by atoms with Crippen LogP contribution in [-0.2, 0) is 0 Å². The van der Waals surface area contributed by atoms with Gasteiger partial charge >= 0.3 is 0 Å². The van der Waals surface area contributed by atoms with Crippen LogP contribution in [0.2, 0.25) is 0 Å². The predicted molar refractivity (Wildman–Crippen MR) is 58.7 cm³/mol. The van der Waals surface area contributed by atoms with Gasteiger partial charge in [-0.3, -0.25) is 0 Å². The second-order valence-corrected chi connectivity index (χ2v) is 3.13. The molecule has 0 aliphatic carbocycles. The van der Waals surface area contributed by atoms with Gasteiger partial charge in [-0.15, -0.1) is 0 Å². The lowest BCUT2D eigenvalue weighted by Crippen LogP contribution is -2.23. The number of nitrogens with zero attached hydrogens (tertiary/aromatic N) is 5. The van der Waals surface area contributed by atoms with E-state index >= 15 is 0 Å². The average Bonchev–Trinajstić information content (AvgIpc) is 2.30. The molecule has 0 aromatic carbocycles. The Bertz CT molecular complexity index is 452. The molecule has 0 saturated carbocycles. The van der Waals surface area contributed by atoms with Crippen LogP contribution in [0.5, 0.6) is 0 Å². The van der Waals surface area contributed by atoms with Crippen LogP contribution in [0.15, 0.2) is 18.7 Å². The van der Waals surface area contributed by atoms with Crippen molar-refractivity contribution in [1.29, 1.82) is 0 Å². The van der Waals surface area contributed by atoms with Gasteiger partial charge in [0, 0.05) is 13.1 Å². The monoisotopic (exact) mass is 203 g/mol. The number of hydrogen-bond acceptors (Lipinski definition) is 5. The Morgan fingerprint density at radius 3 is 2.67 bits per heavy atom. The van der Waals surface area contributed by atoms with E-state index in [1.54, 1.807) is 12.4 Å². The average molecular weight is 203 g/mol. The molecule has 2 aromatic rings. The van der Waals surface area contributed by atoms with Crippen molar-refractivity contribution in [1.82, 2.24) is 19.9 Å². The van der Waals surface area contributed by atoms with Crippen molar-refractivity contribution in [3.8, 4) is 0 Å². The Kier molecular flexibility index (Phi) is 2.71. The highest BCUT2D eigenvalue weighted by molar-refractivity contribution is 5.69. The second-order valence-electron chi connectivity index (χ2n) is 3.13. The van der Waals surface area contributed by atoms with Gasteiger partial charge < -0.3 is 4.90 Å². The predicted octanol–water partition coefficient (Wildman–Crippen LogP) is 1.27. The zero-order chi connectivity index (χ0) is 10.7. The van der Waals surface area contributed by atoms with Crippen LogP contribution in [0.3, 0.4) is 0 Å². The van der Waals surface area contributed by atoms with E-state index in [9.17, 15) is 0 Å². The lowest BCUT2D eigenvalue weighted by molar-refractivity contribution is 0.844. The van der Waals surface area contributed by atoms with Gasteiger partial charge in [0.2, 0.25) is 0 Å². The highest BCUT2D eigenvalue weighted by Crippen LogP contribution is 2.12. The van der Waals surface area contributed by atoms with Crippen molar-refractivity contribution in [3.63, 3.8) is 0 Å². The molecule has 5 nitrogen and oxygen atoms in total. The van der Waals surface area contributed by atoms with E-state index in [0.29, 0.717) is 5.65 Å². The summed E-state index contributed by atoms with van der Waals surface area (Å²) in [6, 6.07) is 0. The van der Waals surface area contributed by atoms with Crippen molar-refractivity contribution < 1.29 is 0 Å². The lowest BCUT2D eigenvalue weighted by atomic mass is 10.4. The lowest BCUT2D eigenvalue weighted by Gasteiger charge is -2.18. The molecular formula is C10H13N5. The van der Waals surface area contributed by atoms with Gasteiger partial charge in [0.15, 0.2) is 5.65 Å². The summed E-state index contributed by atoms with van der Waals surface area (Å²) in [6.07, 6.45) is 4.92. The van der Waals surface area contributed by atoms with Gasteiger partial charge in [0.05, 0.1) is 12.4 Å². The van der Waals surface area contributed by atoms with Gasteiger partial charge in [-0.2, -0.15) is 0 Å². The molecule has 0 spiro atoms.